The smallest absolute Gasteiger partial charge is 0.384 e. The predicted octanol–water partition coefficient (Wildman–Crippen LogP) is 3.00. The molecule has 0 heterocycles. The van der Waals surface area contributed by atoms with Gasteiger partial charge in [-0.05, 0) is 42.8 Å². The van der Waals surface area contributed by atoms with Crippen molar-refractivity contribution < 1.29 is 34.8 Å². The fourth-order valence-electron chi connectivity index (χ4n) is 2.53. The second-order valence-corrected chi connectivity index (χ2v) is 10.3. The summed E-state index contributed by atoms with van der Waals surface area (Å²) < 4.78 is 85.6. The SMILES string of the molecule is CCNc1ccc(NC(=O)Cc2ccc(S(C)(=O)=O)cc2)cc1S(=O)(=O)C(F)(F)F. The topological polar surface area (TPSA) is 109 Å². The summed E-state index contributed by atoms with van der Waals surface area (Å²) in [5.41, 5.74) is -5.39. The third kappa shape index (κ3) is 5.51. The molecule has 0 atom stereocenters. The average molecular weight is 464 g/mol. The number of alkyl halides is 3. The molecule has 0 saturated carbocycles. The standard InChI is InChI=1S/C18H19F3N2O5S2/c1-3-22-15-9-6-13(11-16(15)30(27,28)18(19,20)21)23-17(24)10-12-4-7-14(8-5-12)29(2,25)26/h4-9,11,22H,3,10H2,1-2H3,(H,23,24). The van der Waals surface area contributed by atoms with E-state index in [1.165, 1.54) is 30.3 Å². The highest BCUT2D eigenvalue weighted by molar-refractivity contribution is 7.92. The van der Waals surface area contributed by atoms with E-state index in [0.717, 1.165) is 18.4 Å². The van der Waals surface area contributed by atoms with Crippen molar-refractivity contribution in [3.05, 3.63) is 48.0 Å². The molecule has 1 amide bonds. The summed E-state index contributed by atoms with van der Waals surface area (Å²) in [5, 5.41) is 4.90. The van der Waals surface area contributed by atoms with Crippen LogP contribution in [0, 0.1) is 0 Å². The molecule has 2 rings (SSSR count). The van der Waals surface area contributed by atoms with Gasteiger partial charge in [0.15, 0.2) is 9.84 Å². The second kappa shape index (κ2) is 8.64. The van der Waals surface area contributed by atoms with Gasteiger partial charge < -0.3 is 10.6 Å². The molecule has 0 unspecified atom stereocenters. The Bertz CT molecular complexity index is 1140. The lowest BCUT2D eigenvalue weighted by molar-refractivity contribution is -0.115. The van der Waals surface area contributed by atoms with E-state index in [4.69, 9.17) is 0 Å². The van der Waals surface area contributed by atoms with E-state index >= 15 is 0 Å². The third-order valence-electron chi connectivity index (χ3n) is 3.94. The van der Waals surface area contributed by atoms with Crippen LogP contribution in [0.3, 0.4) is 0 Å². The summed E-state index contributed by atoms with van der Waals surface area (Å²) in [4.78, 5) is 11.3. The highest BCUT2D eigenvalue weighted by Gasteiger charge is 2.48. The molecule has 0 aliphatic heterocycles. The number of benzene rings is 2. The molecule has 2 aromatic rings. The van der Waals surface area contributed by atoms with Crippen molar-refractivity contribution in [2.45, 2.75) is 28.6 Å². The molecule has 7 nitrogen and oxygen atoms in total. The first-order valence-corrected chi connectivity index (χ1v) is 11.9. The van der Waals surface area contributed by atoms with Crippen molar-refractivity contribution in [1.29, 1.82) is 0 Å². The Hall–Kier alpha value is -2.60. The van der Waals surface area contributed by atoms with Crippen LogP contribution < -0.4 is 10.6 Å². The summed E-state index contributed by atoms with van der Waals surface area (Å²) in [7, 11) is -9.03. The maximum absolute atomic E-state index is 13.0. The van der Waals surface area contributed by atoms with Gasteiger partial charge in [0.05, 0.1) is 17.0 Å². The lowest BCUT2D eigenvalue weighted by Gasteiger charge is -2.15. The molecule has 0 aliphatic rings. The van der Waals surface area contributed by atoms with Gasteiger partial charge in [0.25, 0.3) is 9.84 Å². The molecule has 2 N–H and O–H groups in total. The van der Waals surface area contributed by atoms with Crippen LogP contribution >= 0.6 is 0 Å². The quantitative estimate of drug-likeness (QED) is 0.652. The van der Waals surface area contributed by atoms with E-state index in [-0.39, 0.29) is 29.2 Å². The van der Waals surface area contributed by atoms with Crippen molar-refractivity contribution in [2.75, 3.05) is 23.4 Å². The number of sulfone groups is 2. The van der Waals surface area contributed by atoms with Crippen LogP contribution in [0.1, 0.15) is 12.5 Å². The van der Waals surface area contributed by atoms with Crippen LogP contribution in [0.5, 0.6) is 0 Å². The summed E-state index contributed by atoms with van der Waals surface area (Å²) >= 11 is 0. The van der Waals surface area contributed by atoms with E-state index in [1.54, 1.807) is 6.92 Å². The molecule has 0 bridgehead atoms. The number of halogens is 3. The van der Waals surface area contributed by atoms with Gasteiger partial charge in [-0.2, -0.15) is 13.2 Å². The van der Waals surface area contributed by atoms with Crippen LogP contribution in [0.15, 0.2) is 52.3 Å². The van der Waals surface area contributed by atoms with Crippen molar-refractivity contribution in [2.24, 2.45) is 0 Å². The van der Waals surface area contributed by atoms with Gasteiger partial charge in [0.1, 0.15) is 4.90 Å². The van der Waals surface area contributed by atoms with Crippen LogP contribution in [0.4, 0.5) is 24.5 Å². The molecule has 12 heteroatoms. The van der Waals surface area contributed by atoms with E-state index in [2.05, 4.69) is 10.6 Å². The lowest BCUT2D eigenvalue weighted by atomic mass is 10.1. The molecule has 2 aromatic carbocycles. The minimum Gasteiger partial charge on any atom is -0.384 e. The van der Waals surface area contributed by atoms with Crippen LogP contribution in [0.2, 0.25) is 0 Å². The van der Waals surface area contributed by atoms with Crippen LogP contribution in [-0.2, 0) is 30.9 Å². The van der Waals surface area contributed by atoms with E-state index in [9.17, 15) is 34.8 Å². The second-order valence-electron chi connectivity index (χ2n) is 6.33. The Morgan fingerprint density at radius 2 is 1.60 bits per heavy atom. The fourth-order valence-corrected chi connectivity index (χ4v) is 4.12. The highest BCUT2D eigenvalue weighted by atomic mass is 32.2. The van der Waals surface area contributed by atoms with Gasteiger partial charge in [-0.1, -0.05) is 12.1 Å². The van der Waals surface area contributed by atoms with E-state index < -0.39 is 36.0 Å². The van der Waals surface area contributed by atoms with E-state index in [1.807, 2.05) is 0 Å². The van der Waals surface area contributed by atoms with E-state index in [0.29, 0.717) is 5.56 Å². The molecular formula is C18H19F3N2O5S2. The zero-order valence-corrected chi connectivity index (χ0v) is 17.6. The highest BCUT2D eigenvalue weighted by Crippen LogP contribution is 2.36. The Morgan fingerprint density at radius 3 is 2.10 bits per heavy atom. The van der Waals surface area contributed by atoms with Gasteiger partial charge in [-0.25, -0.2) is 16.8 Å². The summed E-state index contributed by atoms with van der Waals surface area (Å²) in [6.07, 6.45) is 0.846. The monoisotopic (exact) mass is 464 g/mol. The Morgan fingerprint density at radius 1 is 1.00 bits per heavy atom. The van der Waals surface area contributed by atoms with Gasteiger partial charge >= 0.3 is 5.51 Å². The molecule has 30 heavy (non-hydrogen) atoms. The molecular weight excluding hydrogens is 445 g/mol. The fraction of sp³-hybridized carbons (Fsp3) is 0.278. The Balaban J connectivity index is 2.26. The lowest BCUT2D eigenvalue weighted by Crippen LogP contribution is -2.25. The van der Waals surface area contributed by atoms with Crippen molar-refractivity contribution in [1.82, 2.24) is 0 Å². The van der Waals surface area contributed by atoms with Gasteiger partial charge in [0.2, 0.25) is 5.91 Å². The number of anilines is 2. The van der Waals surface area contributed by atoms with Gasteiger partial charge in [0, 0.05) is 18.5 Å². The number of amides is 1. The molecule has 0 aromatic heterocycles. The number of nitrogens with one attached hydrogen (secondary N) is 2. The van der Waals surface area contributed by atoms with Crippen molar-refractivity contribution in [3.63, 3.8) is 0 Å². The van der Waals surface area contributed by atoms with Gasteiger partial charge in [-0.3, -0.25) is 4.79 Å². The van der Waals surface area contributed by atoms with Crippen molar-refractivity contribution in [3.8, 4) is 0 Å². The number of hydrogen-bond acceptors (Lipinski definition) is 6. The largest absolute Gasteiger partial charge is 0.501 e. The molecule has 0 spiro atoms. The minimum atomic E-state index is -5.64. The third-order valence-corrected chi connectivity index (χ3v) is 6.60. The summed E-state index contributed by atoms with van der Waals surface area (Å²) in [6, 6.07) is 8.68. The zero-order chi connectivity index (χ0) is 22.7. The van der Waals surface area contributed by atoms with Crippen LogP contribution in [0.25, 0.3) is 0 Å². The van der Waals surface area contributed by atoms with Crippen LogP contribution in [-0.4, -0.2) is 41.1 Å². The number of rotatable bonds is 7. The first kappa shape index (κ1) is 23.7. The average Bonchev–Trinajstić information content (AvgIpc) is 2.61. The molecule has 164 valence electrons. The minimum absolute atomic E-state index is 0.0765. The summed E-state index contributed by atoms with van der Waals surface area (Å²) in [6.45, 7) is 1.78. The number of carbonyl (C=O) groups excluding carboxylic acids is 1. The summed E-state index contributed by atoms with van der Waals surface area (Å²) in [5.74, 6) is -0.617. The zero-order valence-electron chi connectivity index (χ0n) is 15.9. The Kier molecular flexibility index (Phi) is 6.82. The first-order chi connectivity index (χ1) is 13.8. The van der Waals surface area contributed by atoms with Gasteiger partial charge in [-0.15, -0.1) is 0 Å². The number of carbonyl (C=O) groups is 1. The first-order valence-electron chi connectivity index (χ1n) is 8.54. The number of hydrogen-bond donors (Lipinski definition) is 2. The predicted molar refractivity (Wildman–Crippen MR) is 106 cm³/mol. The maximum atomic E-state index is 13.0. The molecule has 0 fully saturated rings. The molecule has 0 saturated heterocycles. The Labute approximate surface area is 172 Å². The molecule has 0 radical (unpaired) electrons. The maximum Gasteiger partial charge on any atom is 0.501 e. The van der Waals surface area contributed by atoms with Crippen molar-refractivity contribution >= 4 is 37.0 Å². The molecule has 0 aliphatic carbocycles. The normalized spacial score (nSPS) is 12.4.